The Balaban J connectivity index is 2.03. The number of hydrogen-bond donors (Lipinski definition) is 0. The first-order valence-electron chi connectivity index (χ1n) is 9.16. The second-order valence-electron chi connectivity index (χ2n) is 6.49. The maximum absolute atomic E-state index is 12.5. The number of anilines is 1. The molecule has 3 aromatic carbocycles. The van der Waals surface area contributed by atoms with Gasteiger partial charge >= 0.3 is 0 Å². The molecule has 0 heterocycles. The fourth-order valence-electron chi connectivity index (χ4n) is 3.35. The molecule has 0 radical (unpaired) electrons. The molecule has 0 saturated heterocycles. The summed E-state index contributed by atoms with van der Waals surface area (Å²) in [4.78, 5) is 14.2. The summed E-state index contributed by atoms with van der Waals surface area (Å²) >= 11 is 0. The van der Waals surface area contributed by atoms with E-state index in [1.165, 1.54) is 0 Å². The van der Waals surface area contributed by atoms with Gasteiger partial charge in [0.1, 0.15) is 11.5 Å². The molecule has 152 valence electrons. The molecular formula is C23H25NO5. The van der Waals surface area contributed by atoms with Crippen LogP contribution >= 0.6 is 0 Å². The lowest BCUT2D eigenvalue weighted by Crippen LogP contribution is -2.27. The van der Waals surface area contributed by atoms with Gasteiger partial charge < -0.3 is 23.8 Å². The SMILES string of the molecule is COc1ccc(CN(C(C)=O)c2ccc3c(OC)ccc(OC)c3c2)cc1OC. The third-order valence-corrected chi connectivity index (χ3v) is 4.84. The number of carbonyl (C=O) groups is 1. The van der Waals surface area contributed by atoms with Crippen molar-refractivity contribution in [2.45, 2.75) is 13.5 Å². The topological polar surface area (TPSA) is 57.2 Å². The van der Waals surface area contributed by atoms with E-state index in [1.54, 1.807) is 40.3 Å². The number of amides is 1. The molecule has 3 aromatic rings. The van der Waals surface area contributed by atoms with Crippen LogP contribution in [-0.2, 0) is 11.3 Å². The number of rotatable bonds is 7. The van der Waals surface area contributed by atoms with E-state index in [0.717, 1.165) is 33.5 Å². The average molecular weight is 395 g/mol. The quantitative estimate of drug-likeness (QED) is 0.592. The van der Waals surface area contributed by atoms with Crippen molar-refractivity contribution < 1.29 is 23.7 Å². The van der Waals surface area contributed by atoms with Gasteiger partial charge in [0.2, 0.25) is 5.91 Å². The summed E-state index contributed by atoms with van der Waals surface area (Å²) in [5.74, 6) is 2.67. The van der Waals surface area contributed by atoms with E-state index in [4.69, 9.17) is 18.9 Å². The van der Waals surface area contributed by atoms with Crippen molar-refractivity contribution in [1.29, 1.82) is 0 Å². The van der Waals surface area contributed by atoms with E-state index in [-0.39, 0.29) is 5.91 Å². The molecule has 0 atom stereocenters. The van der Waals surface area contributed by atoms with Crippen LogP contribution in [0, 0.1) is 0 Å². The fraction of sp³-hybridized carbons (Fsp3) is 0.261. The Bertz CT molecular complexity index is 1030. The predicted octanol–water partition coefficient (Wildman–Crippen LogP) is 4.43. The molecule has 0 aliphatic carbocycles. The number of fused-ring (bicyclic) bond motifs is 1. The van der Waals surface area contributed by atoms with Gasteiger partial charge in [0, 0.05) is 23.4 Å². The third kappa shape index (κ3) is 4.06. The van der Waals surface area contributed by atoms with Crippen molar-refractivity contribution in [2.24, 2.45) is 0 Å². The molecule has 6 heteroatoms. The molecule has 6 nitrogen and oxygen atoms in total. The zero-order valence-corrected chi connectivity index (χ0v) is 17.3. The number of nitrogens with zero attached hydrogens (tertiary/aromatic N) is 1. The van der Waals surface area contributed by atoms with Crippen LogP contribution in [0.4, 0.5) is 5.69 Å². The molecule has 0 fully saturated rings. The Morgan fingerprint density at radius 2 is 1.31 bits per heavy atom. The standard InChI is InChI=1S/C23H25NO5/c1-15(25)24(14-16-6-9-22(28-4)23(12-16)29-5)17-7-8-18-19(13-17)21(27-3)11-10-20(18)26-2/h6-13H,14H2,1-5H3. The largest absolute Gasteiger partial charge is 0.496 e. The Morgan fingerprint density at radius 1 is 0.724 bits per heavy atom. The molecule has 0 bridgehead atoms. The van der Waals surface area contributed by atoms with Gasteiger partial charge in [-0.25, -0.2) is 0 Å². The summed E-state index contributed by atoms with van der Waals surface area (Å²) in [5, 5.41) is 1.80. The molecule has 1 amide bonds. The monoisotopic (exact) mass is 395 g/mol. The first-order valence-corrected chi connectivity index (χ1v) is 9.16. The van der Waals surface area contributed by atoms with Crippen LogP contribution in [0.1, 0.15) is 12.5 Å². The van der Waals surface area contributed by atoms with Crippen LogP contribution in [0.2, 0.25) is 0 Å². The summed E-state index contributed by atoms with van der Waals surface area (Å²) < 4.78 is 21.6. The first-order chi connectivity index (χ1) is 14.0. The highest BCUT2D eigenvalue weighted by atomic mass is 16.5. The van der Waals surface area contributed by atoms with Crippen LogP contribution < -0.4 is 23.8 Å². The second kappa shape index (κ2) is 8.73. The van der Waals surface area contributed by atoms with Crippen molar-refractivity contribution in [1.82, 2.24) is 0 Å². The van der Waals surface area contributed by atoms with E-state index in [9.17, 15) is 4.79 Å². The van der Waals surface area contributed by atoms with Gasteiger partial charge in [-0.3, -0.25) is 4.79 Å². The summed E-state index contributed by atoms with van der Waals surface area (Å²) in [7, 11) is 6.44. The summed E-state index contributed by atoms with van der Waals surface area (Å²) in [6, 6.07) is 15.1. The van der Waals surface area contributed by atoms with Crippen molar-refractivity contribution in [3.05, 3.63) is 54.1 Å². The number of ether oxygens (including phenoxy) is 4. The third-order valence-electron chi connectivity index (χ3n) is 4.84. The predicted molar refractivity (Wildman–Crippen MR) is 113 cm³/mol. The maximum atomic E-state index is 12.5. The molecule has 0 unspecified atom stereocenters. The second-order valence-corrected chi connectivity index (χ2v) is 6.49. The summed E-state index contributed by atoms with van der Waals surface area (Å²) in [5.41, 5.74) is 1.70. The lowest BCUT2D eigenvalue weighted by Gasteiger charge is -2.23. The van der Waals surface area contributed by atoms with Crippen molar-refractivity contribution >= 4 is 22.4 Å². The van der Waals surface area contributed by atoms with E-state index >= 15 is 0 Å². The summed E-state index contributed by atoms with van der Waals surface area (Å²) in [6.07, 6.45) is 0. The molecule has 0 aliphatic heterocycles. The minimum Gasteiger partial charge on any atom is -0.496 e. The van der Waals surface area contributed by atoms with Crippen molar-refractivity contribution in [2.75, 3.05) is 33.3 Å². The zero-order valence-electron chi connectivity index (χ0n) is 17.3. The number of benzene rings is 3. The maximum Gasteiger partial charge on any atom is 0.224 e. The van der Waals surface area contributed by atoms with Crippen molar-refractivity contribution in [3.63, 3.8) is 0 Å². The van der Waals surface area contributed by atoms with Gasteiger partial charge in [0.25, 0.3) is 0 Å². The van der Waals surface area contributed by atoms with Crippen LogP contribution in [0.15, 0.2) is 48.5 Å². The van der Waals surface area contributed by atoms with Crippen LogP contribution in [0.3, 0.4) is 0 Å². The molecule has 3 rings (SSSR count). The Kier molecular flexibility index (Phi) is 6.12. The lowest BCUT2D eigenvalue weighted by molar-refractivity contribution is -0.116. The number of methoxy groups -OCH3 is 4. The highest BCUT2D eigenvalue weighted by molar-refractivity contribution is 5.99. The van der Waals surface area contributed by atoms with E-state index in [2.05, 4.69) is 0 Å². The van der Waals surface area contributed by atoms with Crippen LogP contribution in [-0.4, -0.2) is 34.3 Å². The summed E-state index contributed by atoms with van der Waals surface area (Å²) in [6.45, 7) is 1.95. The Morgan fingerprint density at radius 3 is 1.90 bits per heavy atom. The highest BCUT2D eigenvalue weighted by Crippen LogP contribution is 2.36. The lowest BCUT2D eigenvalue weighted by atomic mass is 10.1. The molecule has 0 saturated carbocycles. The smallest absolute Gasteiger partial charge is 0.224 e. The van der Waals surface area contributed by atoms with Crippen LogP contribution in [0.25, 0.3) is 10.8 Å². The minimum atomic E-state index is -0.0685. The van der Waals surface area contributed by atoms with Gasteiger partial charge in [-0.05, 0) is 48.0 Å². The van der Waals surface area contributed by atoms with E-state index in [1.807, 2.05) is 48.5 Å². The first kappa shape index (κ1) is 20.3. The van der Waals surface area contributed by atoms with E-state index in [0.29, 0.717) is 18.0 Å². The Labute approximate surface area is 170 Å². The minimum absolute atomic E-state index is 0.0685. The van der Waals surface area contributed by atoms with Crippen LogP contribution in [0.5, 0.6) is 23.0 Å². The van der Waals surface area contributed by atoms with Gasteiger partial charge in [0.15, 0.2) is 11.5 Å². The van der Waals surface area contributed by atoms with E-state index < -0.39 is 0 Å². The molecule has 0 N–H and O–H groups in total. The van der Waals surface area contributed by atoms with Crippen molar-refractivity contribution in [3.8, 4) is 23.0 Å². The number of hydrogen-bond acceptors (Lipinski definition) is 5. The molecule has 0 aromatic heterocycles. The van der Waals surface area contributed by atoms with Gasteiger partial charge in [-0.15, -0.1) is 0 Å². The fourth-order valence-corrected chi connectivity index (χ4v) is 3.35. The average Bonchev–Trinajstić information content (AvgIpc) is 2.75. The molecule has 0 aliphatic rings. The zero-order chi connectivity index (χ0) is 21.0. The van der Waals surface area contributed by atoms with Gasteiger partial charge in [-0.2, -0.15) is 0 Å². The Hall–Kier alpha value is -3.41. The normalized spacial score (nSPS) is 10.5. The van der Waals surface area contributed by atoms with Gasteiger partial charge in [-0.1, -0.05) is 6.07 Å². The molecule has 29 heavy (non-hydrogen) atoms. The highest BCUT2D eigenvalue weighted by Gasteiger charge is 2.16. The molecular weight excluding hydrogens is 370 g/mol. The van der Waals surface area contributed by atoms with Gasteiger partial charge in [0.05, 0.1) is 35.0 Å². The number of carbonyl (C=O) groups excluding carboxylic acids is 1. The molecule has 0 spiro atoms.